The number of methoxy groups -OCH3 is 1. The average molecular weight is 762 g/mol. The van der Waals surface area contributed by atoms with Gasteiger partial charge in [0.25, 0.3) is 0 Å². The topological polar surface area (TPSA) is 148 Å². The lowest BCUT2D eigenvalue weighted by Gasteiger charge is -2.58. The predicted molar refractivity (Wildman–Crippen MR) is 211 cm³/mol. The first kappa shape index (κ1) is 43.2. The Morgan fingerprint density at radius 3 is 0.759 bits per heavy atom. The summed E-state index contributed by atoms with van der Waals surface area (Å²) >= 11 is 0. The predicted octanol–water partition coefficient (Wildman–Crippen LogP) is 7.14. The highest BCUT2D eigenvalue weighted by Gasteiger charge is 2.55. The number of aromatic nitrogens is 3. The van der Waals surface area contributed by atoms with Crippen LogP contribution in [0.25, 0.3) is 0 Å². The van der Waals surface area contributed by atoms with Crippen LogP contribution in [0.5, 0.6) is 6.01 Å². The van der Waals surface area contributed by atoms with Gasteiger partial charge in [0.2, 0.25) is 11.9 Å². The third-order valence-corrected chi connectivity index (χ3v) is 13.3. The zero-order chi connectivity index (χ0) is 41.0. The van der Waals surface area contributed by atoms with Gasteiger partial charge in [-0.1, -0.05) is 0 Å². The molecule has 0 unspecified atom stereocenters. The fourth-order valence-electron chi connectivity index (χ4n) is 11.6. The van der Waals surface area contributed by atoms with Gasteiger partial charge in [0, 0.05) is 68.5 Å². The molecule has 0 radical (unpaired) electrons. The molecule has 5 heterocycles. The van der Waals surface area contributed by atoms with Crippen molar-refractivity contribution in [1.29, 1.82) is 0 Å². The summed E-state index contributed by atoms with van der Waals surface area (Å²) in [5, 5.41) is 51.7. The van der Waals surface area contributed by atoms with Gasteiger partial charge in [0.1, 0.15) is 0 Å². The van der Waals surface area contributed by atoms with Crippen LogP contribution in [-0.4, -0.2) is 132 Å². The molecule has 14 nitrogen and oxygen atoms in total. The maximum atomic E-state index is 11.4. The molecule has 5 rings (SSSR count). The molecule has 1 aromatic heterocycles. The zero-order valence-electron chi connectivity index (χ0n) is 36.7. The largest absolute Gasteiger partial charge is 0.467 e. The quantitative estimate of drug-likeness (QED) is 0.223. The Labute approximate surface area is 325 Å². The van der Waals surface area contributed by atoms with Gasteiger partial charge in [-0.25, -0.2) is 0 Å². The fourth-order valence-corrected chi connectivity index (χ4v) is 11.6. The Morgan fingerprint density at radius 1 is 0.407 bits per heavy atom. The van der Waals surface area contributed by atoms with Crippen molar-refractivity contribution >= 4 is 11.9 Å². The van der Waals surface area contributed by atoms with Gasteiger partial charge in [-0.2, -0.15) is 35.2 Å². The van der Waals surface area contributed by atoms with Gasteiger partial charge in [-0.3, -0.25) is 0 Å². The monoisotopic (exact) mass is 762 g/mol. The second-order valence-corrected chi connectivity index (χ2v) is 22.2. The van der Waals surface area contributed by atoms with E-state index in [0.717, 1.165) is 0 Å². The summed E-state index contributed by atoms with van der Waals surface area (Å²) in [4.78, 5) is 20.3. The highest BCUT2D eigenvalue weighted by atomic mass is 16.5. The molecule has 4 aliphatic heterocycles. The number of hydrogen-bond donors (Lipinski definition) is 4. The SMILES string of the molecule is COc1nc(N(C2CC(C)(C)N(O)C(C)(C)C2)C2CC(C)(C)N(O)C(C)(C)C2)nc(N(C2CC(C)(C)N(O)C(C)(C)C2)C2CC(C)(C)N(O)C(C)(C)C2)n1. The molecule has 4 N–H and O–H groups in total. The maximum absolute atomic E-state index is 11.4. The van der Waals surface area contributed by atoms with E-state index in [9.17, 15) is 20.8 Å². The molecule has 0 spiro atoms. The Hall–Kier alpha value is -1.91. The van der Waals surface area contributed by atoms with E-state index in [4.69, 9.17) is 19.7 Å². The van der Waals surface area contributed by atoms with Crippen LogP contribution in [0.2, 0.25) is 0 Å². The highest BCUT2D eigenvalue weighted by Crippen LogP contribution is 2.48. The molecule has 0 bridgehead atoms. The summed E-state index contributed by atoms with van der Waals surface area (Å²) in [6, 6.07) is -0.00370. The maximum Gasteiger partial charge on any atom is 0.322 e. The van der Waals surface area contributed by atoms with E-state index in [0.29, 0.717) is 63.3 Å². The third-order valence-electron chi connectivity index (χ3n) is 13.3. The minimum Gasteiger partial charge on any atom is -0.467 e. The lowest BCUT2D eigenvalue weighted by Crippen LogP contribution is -2.68. The van der Waals surface area contributed by atoms with Crippen LogP contribution < -0.4 is 14.5 Å². The number of ether oxygens (including phenoxy) is 1. The molecule has 310 valence electrons. The first-order chi connectivity index (χ1) is 24.3. The number of rotatable bonds is 7. The van der Waals surface area contributed by atoms with Crippen LogP contribution in [0.1, 0.15) is 162 Å². The van der Waals surface area contributed by atoms with Crippen LogP contribution in [0.3, 0.4) is 0 Å². The Balaban J connectivity index is 1.74. The molecule has 0 atom stereocenters. The van der Waals surface area contributed by atoms with Crippen LogP contribution >= 0.6 is 0 Å². The molecule has 0 amide bonds. The van der Waals surface area contributed by atoms with Crippen LogP contribution in [0.4, 0.5) is 11.9 Å². The van der Waals surface area contributed by atoms with Crippen molar-refractivity contribution < 1.29 is 25.6 Å². The smallest absolute Gasteiger partial charge is 0.322 e. The van der Waals surface area contributed by atoms with Crippen molar-refractivity contribution in [2.45, 2.75) is 231 Å². The van der Waals surface area contributed by atoms with E-state index in [1.54, 1.807) is 7.11 Å². The number of nitrogens with zero attached hydrogens (tertiary/aromatic N) is 9. The standard InChI is InChI=1S/C40H75N9O5/c1-33(2)18-26(19-34(3,4)46(33)50)44(27-20-35(5,6)47(51)36(7,8)21-27)30-41-31(43-32(42-30)54-17)45(28-22-37(9,10)48(52)38(11,12)23-28)29-24-39(13,14)49(53)40(15,16)25-29/h26-29,50-53H,18-25H2,1-17H3. The summed E-state index contributed by atoms with van der Waals surface area (Å²) in [7, 11) is 1.59. The van der Waals surface area contributed by atoms with Crippen molar-refractivity contribution in [3.05, 3.63) is 0 Å². The van der Waals surface area contributed by atoms with Crippen molar-refractivity contribution in [3.8, 4) is 6.01 Å². The van der Waals surface area contributed by atoms with Crippen molar-refractivity contribution in [2.75, 3.05) is 16.9 Å². The van der Waals surface area contributed by atoms with Gasteiger partial charge in [-0.05, 0) is 162 Å². The molecule has 4 aliphatic rings. The molecular formula is C40H75N9O5. The zero-order valence-corrected chi connectivity index (χ0v) is 36.7. The van der Waals surface area contributed by atoms with E-state index in [1.165, 1.54) is 20.3 Å². The van der Waals surface area contributed by atoms with E-state index in [2.05, 4.69) is 121 Å². The van der Waals surface area contributed by atoms with Gasteiger partial charge in [0.05, 0.1) is 7.11 Å². The van der Waals surface area contributed by atoms with E-state index >= 15 is 0 Å². The summed E-state index contributed by atoms with van der Waals surface area (Å²) in [6.45, 7) is 33.3. The Morgan fingerprint density at radius 2 is 0.593 bits per heavy atom. The van der Waals surface area contributed by atoms with Crippen LogP contribution in [-0.2, 0) is 0 Å². The van der Waals surface area contributed by atoms with Crippen molar-refractivity contribution in [1.82, 2.24) is 35.2 Å². The Kier molecular flexibility index (Phi) is 10.9. The van der Waals surface area contributed by atoms with Crippen molar-refractivity contribution in [3.63, 3.8) is 0 Å². The van der Waals surface area contributed by atoms with Gasteiger partial charge in [0.15, 0.2) is 0 Å². The van der Waals surface area contributed by atoms with Crippen LogP contribution in [0.15, 0.2) is 0 Å². The lowest BCUT2D eigenvalue weighted by molar-refractivity contribution is -0.251. The van der Waals surface area contributed by atoms with Crippen molar-refractivity contribution in [2.24, 2.45) is 0 Å². The minimum atomic E-state index is -0.537. The minimum absolute atomic E-state index is 0.0559. The Bertz CT molecular complexity index is 1270. The molecule has 4 fully saturated rings. The van der Waals surface area contributed by atoms with Crippen LogP contribution in [0, 0.1) is 0 Å². The summed E-state index contributed by atoms with van der Waals surface area (Å²) < 4.78 is 5.93. The normalized spacial score (nSPS) is 29.2. The molecule has 14 heteroatoms. The van der Waals surface area contributed by atoms with Gasteiger partial charge >= 0.3 is 6.01 Å². The molecule has 0 saturated carbocycles. The van der Waals surface area contributed by atoms with Gasteiger partial charge in [-0.15, -0.1) is 0 Å². The first-order valence-electron chi connectivity index (χ1n) is 20.1. The third kappa shape index (κ3) is 7.84. The lowest BCUT2D eigenvalue weighted by atomic mass is 9.74. The summed E-state index contributed by atoms with van der Waals surface area (Å²) in [6.07, 6.45) is 5.29. The van der Waals surface area contributed by atoms with E-state index in [1.807, 2.05) is 0 Å². The summed E-state index contributed by atoms with van der Waals surface area (Å²) in [5.74, 6) is 1.04. The molecule has 54 heavy (non-hydrogen) atoms. The second kappa shape index (κ2) is 13.6. The number of hydrogen-bond acceptors (Lipinski definition) is 14. The number of piperidine rings is 4. The second-order valence-electron chi connectivity index (χ2n) is 22.2. The molecular weight excluding hydrogens is 686 g/mol. The molecule has 0 aliphatic carbocycles. The molecule has 4 saturated heterocycles. The average Bonchev–Trinajstić information content (AvgIpc) is 2.99. The molecule has 0 aromatic carbocycles. The number of anilines is 2. The summed E-state index contributed by atoms with van der Waals surface area (Å²) in [5.41, 5.74) is -4.30. The van der Waals surface area contributed by atoms with E-state index < -0.39 is 44.3 Å². The number of hydroxylamine groups is 8. The fraction of sp³-hybridized carbons (Fsp3) is 0.925. The van der Waals surface area contributed by atoms with Gasteiger partial charge < -0.3 is 35.4 Å². The highest BCUT2D eigenvalue weighted by molar-refractivity contribution is 5.46. The first-order valence-corrected chi connectivity index (χ1v) is 20.1. The molecule has 1 aromatic rings. The van der Waals surface area contributed by atoms with E-state index in [-0.39, 0.29) is 30.2 Å².